The summed E-state index contributed by atoms with van der Waals surface area (Å²) in [5, 5.41) is 7.88. The van der Waals surface area contributed by atoms with Crippen LogP contribution in [0.15, 0.2) is 29.1 Å². The molecule has 88 valence electrons. The van der Waals surface area contributed by atoms with Gasteiger partial charge in [0.2, 0.25) is 0 Å². The highest BCUT2D eigenvalue weighted by atomic mass is 16.5. The normalized spacial score (nSPS) is 10.2. The molecule has 1 N–H and O–H groups in total. The molecule has 17 heavy (non-hydrogen) atoms. The van der Waals surface area contributed by atoms with Crippen LogP contribution in [0.2, 0.25) is 0 Å². The standard InChI is InChI=1S/C12H13N3O2/c1-3-10-12(16)13-11(15-14-10)8-4-6-9(17-2)7-5-8/h4-7H,3H2,1-2H3,(H,13,15,16). The van der Waals surface area contributed by atoms with E-state index in [1.807, 2.05) is 31.2 Å². The second kappa shape index (κ2) is 4.78. The van der Waals surface area contributed by atoms with Gasteiger partial charge in [-0.1, -0.05) is 6.92 Å². The van der Waals surface area contributed by atoms with Gasteiger partial charge in [0.05, 0.1) is 7.11 Å². The molecule has 1 heterocycles. The van der Waals surface area contributed by atoms with Crippen molar-refractivity contribution in [2.45, 2.75) is 13.3 Å². The second-order valence-electron chi connectivity index (χ2n) is 3.53. The highest BCUT2D eigenvalue weighted by Gasteiger charge is 2.04. The molecule has 0 saturated heterocycles. The number of ether oxygens (including phenoxy) is 1. The van der Waals surface area contributed by atoms with Crippen molar-refractivity contribution in [3.63, 3.8) is 0 Å². The molecule has 0 unspecified atom stereocenters. The third-order valence-electron chi connectivity index (χ3n) is 2.46. The summed E-state index contributed by atoms with van der Waals surface area (Å²) in [6, 6.07) is 7.26. The fourth-order valence-corrected chi connectivity index (χ4v) is 1.47. The number of aromatic nitrogens is 3. The van der Waals surface area contributed by atoms with Crippen LogP contribution in [0.4, 0.5) is 0 Å². The van der Waals surface area contributed by atoms with Gasteiger partial charge in [-0.05, 0) is 30.7 Å². The highest BCUT2D eigenvalue weighted by Crippen LogP contribution is 2.17. The number of rotatable bonds is 3. The van der Waals surface area contributed by atoms with Crippen LogP contribution in [0.5, 0.6) is 5.75 Å². The first-order valence-electron chi connectivity index (χ1n) is 5.35. The van der Waals surface area contributed by atoms with E-state index in [2.05, 4.69) is 15.2 Å². The van der Waals surface area contributed by atoms with Crippen molar-refractivity contribution in [1.82, 2.24) is 15.2 Å². The molecular formula is C12H13N3O2. The number of nitrogens with one attached hydrogen (secondary N) is 1. The summed E-state index contributed by atoms with van der Waals surface area (Å²) in [6.45, 7) is 1.87. The zero-order valence-electron chi connectivity index (χ0n) is 9.73. The number of aryl methyl sites for hydroxylation is 1. The summed E-state index contributed by atoms with van der Waals surface area (Å²) in [5.74, 6) is 1.23. The molecule has 0 aliphatic carbocycles. The molecule has 1 aromatic carbocycles. The summed E-state index contributed by atoms with van der Waals surface area (Å²) in [4.78, 5) is 14.3. The van der Waals surface area contributed by atoms with E-state index in [0.717, 1.165) is 11.3 Å². The fourth-order valence-electron chi connectivity index (χ4n) is 1.47. The summed E-state index contributed by atoms with van der Waals surface area (Å²) < 4.78 is 5.06. The maximum absolute atomic E-state index is 11.6. The molecule has 0 amide bonds. The molecule has 1 aromatic heterocycles. The summed E-state index contributed by atoms with van der Waals surface area (Å²) >= 11 is 0. The van der Waals surface area contributed by atoms with Crippen molar-refractivity contribution in [3.8, 4) is 17.1 Å². The largest absolute Gasteiger partial charge is 0.497 e. The maximum atomic E-state index is 11.6. The van der Waals surface area contributed by atoms with Gasteiger partial charge in [0, 0.05) is 5.56 Å². The summed E-state index contributed by atoms with van der Waals surface area (Å²) in [5.41, 5.74) is 1.06. The third kappa shape index (κ3) is 2.33. The lowest BCUT2D eigenvalue weighted by molar-refractivity contribution is 0.415. The van der Waals surface area contributed by atoms with Gasteiger partial charge in [-0.2, -0.15) is 0 Å². The fraction of sp³-hybridized carbons (Fsp3) is 0.250. The zero-order chi connectivity index (χ0) is 12.3. The summed E-state index contributed by atoms with van der Waals surface area (Å²) in [6.07, 6.45) is 0.575. The first kappa shape index (κ1) is 11.3. The van der Waals surface area contributed by atoms with Crippen LogP contribution in [-0.4, -0.2) is 22.3 Å². The van der Waals surface area contributed by atoms with E-state index in [-0.39, 0.29) is 5.56 Å². The molecule has 0 atom stereocenters. The van der Waals surface area contributed by atoms with Gasteiger partial charge in [-0.25, -0.2) is 0 Å². The van der Waals surface area contributed by atoms with Gasteiger partial charge in [0.25, 0.3) is 5.56 Å². The van der Waals surface area contributed by atoms with Crippen molar-refractivity contribution >= 4 is 0 Å². The first-order chi connectivity index (χ1) is 8.24. The average Bonchev–Trinajstić information content (AvgIpc) is 2.39. The second-order valence-corrected chi connectivity index (χ2v) is 3.53. The van der Waals surface area contributed by atoms with Crippen LogP contribution in [0.3, 0.4) is 0 Å². The van der Waals surface area contributed by atoms with Crippen LogP contribution >= 0.6 is 0 Å². The predicted molar refractivity (Wildman–Crippen MR) is 64.0 cm³/mol. The lowest BCUT2D eigenvalue weighted by atomic mass is 10.2. The van der Waals surface area contributed by atoms with Gasteiger partial charge in [-0.15, -0.1) is 10.2 Å². The van der Waals surface area contributed by atoms with Crippen molar-refractivity contribution in [3.05, 3.63) is 40.3 Å². The van der Waals surface area contributed by atoms with Crippen LogP contribution < -0.4 is 10.3 Å². The number of nitrogens with zero attached hydrogens (tertiary/aromatic N) is 2. The first-order valence-corrected chi connectivity index (χ1v) is 5.35. The number of aromatic amines is 1. The van der Waals surface area contributed by atoms with E-state index < -0.39 is 0 Å². The van der Waals surface area contributed by atoms with E-state index in [0.29, 0.717) is 17.9 Å². The quantitative estimate of drug-likeness (QED) is 0.867. The Labute approximate surface area is 98.5 Å². The van der Waals surface area contributed by atoms with Gasteiger partial charge in [0.1, 0.15) is 11.4 Å². The molecule has 0 saturated carbocycles. The Morgan fingerprint density at radius 2 is 1.94 bits per heavy atom. The molecule has 0 fully saturated rings. The Morgan fingerprint density at radius 3 is 2.47 bits per heavy atom. The molecule has 0 bridgehead atoms. The van der Waals surface area contributed by atoms with E-state index in [1.54, 1.807) is 7.11 Å². The van der Waals surface area contributed by atoms with Gasteiger partial charge in [0.15, 0.2) is 5.82 Å². The number of methoxy groups -OCH3 is 1. The van der Waals surface area contributed by atoms with E-state index in [9.17, 15) is 4.79 Å². The zero-order valence-corrected chi connectivity index (χ0v) is 9.73. The van der Waals surface area contributed by atoms with Crippen molar-refractivity contribution < 1.29 is 4.74 Å². The van der Waals surface area contributed by atoms with E-state index in [1.165, 1.54) is 0 Å². The summed E-state index contributed by atoms with van der Waals surface area (Å²) in [7, 11) is 1.60. The molecule has 2 rings (SSSR count). The minimum atomic E-state index is -0.187. The lowest BCUT2D eigenvalue weighted by Gasteiger charge is -2.02. The predicted octanol–water partition coefficient (Wildman–Crippen LogP) is 1.40. The molecule has 5 nitrogen and oxygen atoms in total. The van der Waals surface area contributed by atoms with Crippen LogP contribution in [0, 0.1) is 0 Å². The maximum Gasteiger partial charge on any atom is 0.273 e. The lowest BCUT2D eigenvalue weighted by Crippen LogP contribution is -2.16. The smallest absolute Gasteiger partial charge is 0.273 e. The number of benzene rings is 1. The molecule has 0 aliphatic heterocycles. The number of hydrogen-bond donors (Lipinski definition) is 1. The molecule has 2 aromatic rings. The van der Waals surface area contributed by atoms with E-state index >= 15 is 0 Å². The Hall–Kier alpha value is -2.17. The monoisotopic (exact) mass is 231 g/mol. The minimum absolute atomic E-state index is 0.187. The molecule has 0 radical (unpaired) electrons. The topological polar surface area (TPSA) is 67.9 Å². The van der Waals surface area contributed by atoms with Gasteiger partial charge < -0.3 is 9.72 Å². The SMILES string of the molecule is CCc1nnc(-c2ccc(OC)cc2)[nH]c1=O. The molecule has 5 heteroatoms. The number of H-pyrrole nitrogens is 1. The third-order valence-corrected chi connectivity index (χ3v) is 2.46. The van der Waals surface area contributed by atoms with Crippen LogP contribution in [0.25, 0.3) is 11.4 Å². The van der Waals surface area contributed by atoms with Crippen LogP contribution in [-0.2, 0) is 6.42 Å². The van der Waals surface area contributed by atoms with Crippen molar-refractivity contribution in [2.75, 3.05) is 7.11 Å². The molecular weight excluding hydrogens is 218 g/mol. The highest BCUT2D eigenvalue weighted by molar-refractivity contribution is 5.55. The Kier molecular flexibility index (Phi) is 3.18. The average molecular weight is 231 g/mol. The molecule has 0 spiro atoms. The molecule has 0 aliphatic rings. The van der Waals surface area contributed by atoms with E-state index in [4.69, 9.17) is 4.74 Å². The number of hydrogen-bond acceptors (Lipinski definition) is 4. The van der Waals surface area contributed by atoms with Gasteiger partial charge in [-0.3, -0.25) is 4.79 Å². The van der Waals surface area contributed by atoms with Crippen molar-refractivity contribution in [1.29, 1.82) is 0 Å². The Balaban J connectivity index is 2.39. The van der Waals surface area contributed by atoms with Crippen LogP contribution in [0.1, 0.15) is 12.6 Å². The Bertz CT molecular complexity index is 561. The Morgan fingerprint density at radius 1 is 1.24 bits per heavy atom. The van der Waals surface area contributed by atoms with Gasteiger partial charge >= 0.3 is 0 Å². The minimum Gasteiger partial charge on any atom is -0.497 e. The van der Waals surface area contributed by atoms with Crippen molar-refractivity contribution in [2.24, 2.45) is 0 Å².